The van der Waals surface area contributed by atoms with E-state index in [1.54, 1.807) is 26.3 Å². The third kappa shape index (κ3) is 5.79. The summed E-state index contributed by atoms with van der Waals surface area (Å²) in [7, 11) is 0. The van der Waals surface area contributed by atoms with E-state index in [0.29, 0.717) is 37.0 Å². The van der Waals surface area contributed by atoms with Crippen LogP contribution in [0.15, 0.2) is 78.9 Å². The van der Waals surface area contributed by atoms with Crippen molar-refractivity contribution in [2.75, 3.05) is 43.4 Å². The van der Waals surface area contributed by atoms with Gasteiger partial charge in [0.15, 0.2) is 0 Å². The van der Waals surface area contributed by atoms with Crippen LogP contribution in [0.25, 0.3) is 16.9 Å². The second kappa shape index (κ2) is 12.3. The summed E-state index contributed by atoms with van der Waals surface area (Å²) in [6.07, 6.45) is 0. The third-order valence-electron chi connectivity index (χ3n) is 7.97. The number of amides is 3. The van der Waals surface area contributed by atoms with E-state index in [1.165, 1.54) is 11.8 Å². The Morgan fingerprint density at radius 3 is 2.23 bits per heavy atom. The Labute approximate surface area is 260 Å². The molecule has 10 heteroatoms. The lowest BCUT2D eigenvalue weighted by atomic mass is 9.99. The Bertz CT molecular complexity index is 1670. The maximum Gasteiger partial charge on any atom is 0.242 e. The number of nitrogens with zero attached hydrogens (tertiary/aromatic N) is 5. The van der Waals surface area contributed by atoms with Gasteiger partial charge in [-0.2, -0.15) is 5.10 Å². The molecule has 1 saturated heterocycles. The summed E-state index contributed by atoms with van der Waals surface area (Å²) in [6, 6.07) is 25.6. The zero-order valence-corrected chi connectivity index (χ0v) is 25.6. The van der Waals surface area contributed by atoms with Crippen LogP contribution in [0.5, 0.6) is 0 Å². The van der Waals surface area contributed by atoms with Crippen molar-refractivity contribution in [1.29, 1.82) is 0 Å². The SMILES string of the molecule is CC(=O)N1CCN(C(=O)CN2C(=O)CSC(c3ccccc3Cl)c3c(-c4ccccc4)nn(-c4ccc(C)cc4)c32)CC1. The molecule has 6 rings (SSSR count). The lowest BCUT2D eigenvalue weighted by Gasteiger charge is -2.35. The molecule has 3 aromatic carbocycles. The van der Waals surface area contributed by atoms with E-state index >= 15 is 0 Å². The molecular formula is C33H32ClN5O3S. The summed E-state index contributed by atoms with van der Waals surface area (Å²) < 4.78 is 1.80. The van der Waals surface area contributed by atoms with Crippen molar-refractivity contribution in [1.82, 2.24) is 19.6 Å². The smallest absolute Gasteiger partial charge is 0.242 e. The molecule has 3 heterocycles. The van der Waals surface area contributed by atoms with Gasteiger partial charge in [-0.3, -0.25) is 19.3 Å². The van der Waals surface area contributed by atoms with Crippen LogP contribution in [0.1, 0.15) is 28.9 Å². The maximum atomic E-state index is 14.0. The van der Waals surface area contributed by atoms with E-state index in [0.717, 1.165) is 33.6 Å². The summed E-state index contributed by atoms with van der Waals surface area (Å²) in [5.41, 5.74) is 5.25. The molecule has 0 N–H and O–H groups in total. The third-order valence-corrected chi connectivity index (χ3v) is 9.55. The number of fused-ring (bicyclic) bond motifs is 1. The number of aromatic nitrogens is 2. The highest BCUT2D eigenvalue weighted by Crippen LogP contribution is 2.49. The van der Waals surface area contributed by atoms with Crippen molar-refractivity contribution in [3.8, 4) is 16.9 Å². The van der Waals surface area contributed by atoms with Gasteiger partial charge in [0.1, 0.15) is 12.4 Å². The number of carbonyl (C=O) groups excluding carboxylic acids is 3. The van der Waals surface area contributed by atoms with E-state index in [2.05, 4.69) is 0 Å². The maximum absolute atomic E-state index is 14.0. The van der Waals surface area contributed by atoms with Crippen molar-refractivity contribution < 1.29 is 14.4 Å². The average molecular weight is 614 g/mol. The molecular weight excluding hydrogens is 582 g/mol. The summed E-state index contributed by atoms with van der Waals surface area (Å²) >= 11 is 8.28. The highest BCUT2D eigenvalue weighted by molar-refractivity contribution is 8.00. The first kappa shape index (κ1) is 29.0. The van der Waals surface area contributed by atoms with E-state index in [1.807, 2.05) is 85.8 Å². The number of halogens is 1. The number of carbonyl (C=O) groups is 3. The molecule has 220 valence electrons. The minimum Gasteiger partial charge on any atom is -0.339 e. The zero-order chi connectivity index (χ0) is 30.1. The number of rotatable bonds is 5. The van der Waals surface area contributed by atoms with Crippen molar-refractivity contribution in [3.05, 3.63) is 101 Å². The van der Waals surface area contributed by atoms with Crippen molar-refractivity contribution in [2.24, 2.45) is 0 Å². The molecule has 3 amide bonds. The van der Waals surface area contributed by atoms with Crippen LogP contribution >= 0.6 is 23.4 Å². The molecule has 0 radical (unpaired) electrons. The van der Waals surface area contributed by atoms with Crippen LogP contribution in [0.4, 0.5) is 5.82 Å². The molecule has 1 atom stereocenters. The first-order valence-corrected chi connectivity index (χ1v) is 15.7. The van der Waals surface area contributed by atoms with Crippen LogP contribution in [-0.2, 0) is 14.4 Å². The lowest BCUT2D eigenvalue weighted by Crippen LogP contribution is -2.53. The van der Waals surface area contributed by atoms with Gasteiger partial charge in [-0.25, -0.2) is 4.68 Å². The molecule has 0 aliphatic carbocycles. The molecule has 2 aliphatic heterocycles. The van der Waals surface area contributed by atoms with Crippen molar-refractivity contribution >= 4 is 46.9 Å². The second-order valence-corrected chi connectivity index (χ2v) is 12.3. The van der Waals surface area contributed by atoms with Gasteiger partial charge < -0.3 is 9.80 Å². The monoisotopic (exact) mass is 613 g/mol. The van der Waals surface area contributed by atoms with E-state index in [-0.39, 0.29) is 35.3 Å². The molecule has 2 aliphatic rings. The Balaban J connectivity index is 1.52. The number of thioether (sulfide) groups is 1. The van der Waals surface area contributed by atoms with E-state index in [4.69, 9.17) is 16.7 Å². The quantitative estimate of drug-likeness (QED) is 0.303. The van der Waals surface area contributed by atoms with Gasteiger partial charge >= 0.3 is 0 Å². The fourth-order valence-corrected chi connectivity index (χ4v) is 7.18. The molecule has 43 heavy (non-hydrogen) atoms. The van der Waals surface area contributed by atoms with Crippen LogP contribution in [0.3, 0.4) is 0 Å². The Morgan fingerprint density at radius 1 is 0.907 bits per heavy atom. The highest BCUT2D eigenvalue weighted by atomic mass is 35.5. The number of hydrogen-bond donors (Lipinski definition) is 0. The molecule has 0 spiro atoms. The van der Waals surface area contributed by atoms with Gasteiger partial charge in [-0.1, -0.05) is 77.8 Å². The van der Waals surface area contributed by atoms with Gasteiger partial charge in [-0.05, 0) is 30.7 Å². The summed E-state index contributed by atoms with van der Waals surface area (Å²) in [6.45, 7) is 5.24. The average Bonchev–Trinajstić information content (AvgIpc) is 3.35. The minimum absolute atomic E-state index is 0.00230. The standard InChI is InChI=1S/C33H32ClN5O3S/c1-22-12-14-25(15-13-22)39-33-30(31(35-39)24-8-4-3-5-9-24)32(26-10-6-7-11-27(26)34)43-21-29(42)38(33)20-28(41)37-18-16-36(17-19-37)23(2)40/h3-15,32H,16-21H2,1-2H3. The van der Waals surface area contributed by atoms with Crippen LogP contribution in [0.2, 0.25) is 5.02 Å². The Hall–Kier alpha value is -4.08. The van der Waals surface area contributed by atoms with Gasteiger partial charge in [0.2, 0.25) is 17.7 Å². The fraction of sp³-hybridized carbons (Fsp3) is 0.273. The largest absolute Gasteiger partial charge is 0.339 e. The molecule has 8 nitrogen and oxygen atoms in total. The van der Waals surface area contributed by atoms with Crippen LogP contribution in [-0.4, -0.2) is 75.8 Å². The fourth-order valence-electron chi connectivity index (χ4n) is 5.63. The number of anilines is 1. The van der Waals surface area contributed by atoms with Crippen molar-refractivity contribution in [3.63, 3.8) is 0 Å². The minimum atomic E-state index is -0.304. The zero-order valence-electron chi connectivity index (χ0n) is 24.1. The predicted octanol–water partition coefficient (Wildman–Crippen LogP) is 5.36. The predicted molar refractivity (Wildman–Crippen MR) is 171 cm³/mol. The lowest BCUT2D eigenvalue weighted by molar-refractivity contribution is -0.137. The van der Waals surface area contributed by atoms with Gasteiger partial charge in [-0.15, -0.1) is 11.8 Å². The van der Waals surface area contributed by atoms with Crippen LogP contribution < -0.4 is 4.90 Å². The Morgan fingerprint density at radius 2 is 1.56 bits per heavy atom. The van der Waals surface area contributed by atoms with Crippen LogP contribution in [0, 0.1) is 6.92 Å². The first-order chi connectivity index (χ1) is 20.8. The molecule has 1 fully saturated rings. The molecule has 0 saturated carbocycles. The second-order valence-electron chi connectivity index (χ2n) is 10.8. The topological polar surface area (TPSA) is 78.8 Å². The molecule has 1 aromatic heterocycles. The van der Waals surface area contributed by atoms with E-state index in [9.17, 15) is 14.4 Å². The van der Waals surface area contributed by atoms with E-state index < -0.39 is 0 Å². The molecule has 4 aromatic rings. The number of hydrogen-bond acceptors (Lipinski definition) is 5. The molecule has 1 unspecified atom stereocenters. The number of piperazine rings is 1. The summed E-state index contributed by atoms with van der Waals surface area (Å²) in [5, 5.41) is 5.44. The highest BCUT2D eigenvalue weighted by Gasteiger charge is 2.39. The summed E-state index contributed by atoms with van der Waals surface area (Å²) in [4.78, 5) is 44.7. The Kier molecular flexibility index (Phi) is 8.27. The van der Waals surface area contributed by atoms with Crippen molar-refractivity contribution in [2.45, 2.75) is 19.1 Å². The number of aryl methyl sites for hydroxylation is 1. The van der Waals surface area contributed by atoms with Gasteiger partial charge in [0.25, 0.3) is 0 Å². The van der Waals surface area contributed by atoms with Gasteiger partial charge in [0.05, 0.1) is 22.4 Å². The van der Waals surface area contributed by atoms with Gasteiger partial charge in [0, 0.05) is 49.3 Å². The first-order valence-electron chi connectivity index (χ1n) is 14.3. The molecule has 0 bridgehead atoms. The number of benzene rings is 3. The summed E-state index contributed by atoms with van der Waals surface area (Å²) in [5.74, 6) is 0.389. The normalized spacial score (nSPS) is 17.0.